The summed E-state index contributed by atoms with van der Waals surface area (Å²) >= 11 is 0. The third-order valence-corrected chi connectivity index (χ3v) is 3.98. The first-order chi connectivity index (χ1) is 7.84. The highest BCUT2D eigenvalue weighted by Gasteiger charge is 2.21. The third kappa shape index (κ3) is 1.71. The molecule has 0 saturated carbocycles. The highest BCUT2D eigenvalue weighted by Crippen LogP contribution is 2.35. The summed E-state index contributed by atoms with van der Waals surface area (Å²) in [6.07, 6.45) is 6.02. The number of hydrogen-bond donors (Lipinski definition) is 2. The zero-order chi connectivity index (χ0) is 11.0. The molecule has 1 aromatic rings. The second kappa shape index (κ2) is 4.10. The number of fused-ring (bicyclic) bond motifs is 1. The van der Waals surface area contributed by atoms with Gasteiger partial charge in [0.15, 0.2) is 0 Å². The molecule has 16 heavy (non-hydrogen) atoms. The van der Waals surface area contributed by atoms with Gasteiger partial charge >= 0.3 is 0 Å². The van der Waals surface area contributed by atoms with Crippen LogP contribution in [0.1, 0.15) is 41.9 Å². The van der Waals surface area contributed by atoms with E-state index in [1.807, 2.05) is 6.07 Å². The third-order valence-electron chi connectivity index (χ3n) is 3.98. The smallest absolute Gasteiger partial charge is 0.119 e. The number of aryl methyl sites for hydroxylation is 2. The number of rotatable bonds is 1. The molecular formula is C14H19NO. The predicted molar refractivity (Wildman–Crippen MR) is 65.0 cm³/mol. The lowest BCUT2D eigenvalue weighted by molar-refractivity contribution is 0.425. The Balaban J connectivity index is 1.94. The van der Waals surface area contributed by atoms with Gasteiger partial charge in [-0.15, -0.1) is 0 Å². The zero-order valence-electron chi connectivity index (χ0n) is 9.63. The monoisotopic (exact) mass is 217 g/mol. The molecule has 2 heteroatoms. The van der Waals surface area contributed by atoms with E-state index in [0.717, 1.165) is 19.5 Å². The fraction of sp³-hybridized carbons (Fsp3) is 0.571. The van der Waals surface area contributed by atoms with E-state index in [9.17, 15) is 5.11 Å². The molecule has 0 aromatic heterocycles. The molecule has 0 radical (unpaired) electrons. The van der Waals surface area contributed by atoms with Crippen molar-refractivity contribution in [2.24, 2.45) is 0 Å². The average molecular weight is 217 g/mol. The Morgan fingerprint density at radius 1 is 1.12 bits per heavy atom. The molecule has 1 aliphatic carbocycles. The van der Waals surface area contributed by atoms with Crippen molar-refractivity contribution >= 4 is 0 Å². The summed E-state index contributed by atoms with van der Waals surface area (Å²) in [4.78, 5) is 0. The van der Waals surface area contributed by atoms with Gasteiger partial charge in [0, 0.05) is 12.5 Å². The van der Waals surface area contributed by atoms with Gasteiger partial charge in [-0.2, -0.15) is 0 Å². The Morgan fingerprint density at radius 3 is 2.69 bits per heavy atom. The highest BCUT2D eigenvalue weighted by molar-refractivity contribution is 5.45. The van der Waals surface area contributed by atoms with E-state index < -0.39 is 0 Å². The Bertz CT molecular complexity index is 394. The second-order valence-corrected chi connectivity index (χ2v) is 5.08. The van der Waals surface area contributed by atoms with E-state index in [2.05, 4.69) is 11.4 Å². The fourth-order valence-electron chi connectivity index (χ4n) is 3.07. The summed E-state index contributed by atoms with van der Waals surface area (Å²) in [5.74, 6) is 1.04. The lowest BCUT2D eigenvalue weighted by Crippen LogP contribution is -2.28. The van der Waals surface area contributed by atoms with Crippen LogP contribution in [0.4, 0.5) is 0 Å². The molecule has 1 unspecified atom stereocenters. The van der Waals surface area contributed by atoms with Crippen LogP contribution in [0.2, 0.25) is 0 Å². The van der Waals surface area contributed by atoms with Gasteiger partial charge in [0.05, 0.1) is 0 Å². The molecule has 0 spiro atoms. The molecule has 0 bridgehead atoms. The number of piperidine rings is 1. The summed E-state index contributed by atoms with van der Waals surface area (Å²) in [5.41, 5.74) is 4.01. The van der Waals surface area contributed by atoms with E-state index in [0.29, 0.717) is 11.7 Å². The number of nitrogens with one attached hydrogen (secondary N) is 1. The van der Waals surface area contributed by atoms with Crippen LogP contribution in [0, 0.1) is 0 Å². The standard InChI is InChI=1S/C14H19NO/c16-14-8-11-4-1-3-10(11)7-13(14)12-5-2-6-15-9-12/h7-8,12,15-16H,1-6,9H2. The first-order valence-electron chi connectivity index (χ1n) is 6.40. The van der Waals surface area contributed by atoms with E-state index in [-0.39, 0.29) is 0 Å². The van der Waals surface area contributed by atoms with Gasteiger partial charge in [-0.1, -0.05) is 6.07 Å². The molecular weight excluding hydrogens is 198 g/mol. The van der Waals surface area contributed by atoms with Crippen molar-refractivity contribution in [1.29, 1.82) is 0 Å². The summed E-state index contributed by atoms with van der Waals surface area (Å²) in [7, 11) is 0. The molecule has 2 aliphatic rings. The minimum absolute atomic E-state index is 0.514. The zero-order valence-corrected chi connectivity index (χ0v) is 9.63. The van der Waals surface area contributed by atoms with Crippen molar-refractivity contribution < 1.29 is 5.11 Å². The second-order valence-electron chi connectivity index (χ2n) is 5.08. The molecule has 3 rings (SSSR count). The van der Waals surface area contributed by atoms with E-state index in [4.69, 9.17) is 0 Å². The summed E-state index contributed by atoms with van der Waals surface area (Å²) in [5, 5.41) is 13.5. The van der Waals surface area contributed by atoms with Crippen LogP contribution in [0.15, 0.2) is 12.1 Å². The Labute approximate surface area is 96.7 Å². The van der Waals surface area contributed by atoms with Gasteiger partial charge in [0.25, 0.3) is 0 Å². The number of phenols is 1. The lowest BCUT2D eigenvalue weighted by atomic mass is 9.89. The molecule has 1 aromatic carbocycles. The molecule has 86 valence electrons. The fourth-order valence-corrected chi connectivity index (χ4v) is 3.07. The summed E-state index contributed by atoms with van der Waals surface area (Å²) in [6, 6.07) is 4.27. The molecule has 2 N–H and O–H groups in total. The van der Waals surface area contributed by atoms with Crippen molar-refractivity contribution in [3.8, 4) is 5.75 Å². The van der Waals surface area contributed by atoms with Gasteiger partial charge in [0.1, 0.15) is 5.75 Å². The lowest BCUT2D eigenvalue weighted by Gasteiger charge is -2.24. The maximum atomic E-state index is 10.1. The van der Waals surface area contributed by atoms with Gasteiger partial charge in [0.2, 0.25) is 0 Å². The number of hydrogen-bond acceptors (Lipinski definition) is 2. The SMILES string of the molecule is Oc1cc2c(cc1C1CCCNC1)CCC2. The molecule has 2 nitrogen and oxygen atoms in total. The quantitative estimate of drug-likeness (QED) is 0.757. The maximum Gasteiger partial charge on any atom is 0.119 e. The molecule has 0 amide bonds. The minimum Gasteiger partial charge on any atom is -0.508 e. The molecule has 1 atom stereocenters. The van der Waals surface area contributed by atoms with E-state index >= 15 is 0 Å². The van der Waals surface area contributed by atoms with Crippen molar-refractivity contribution in [3.63, 3.8) is 0 Å². The Morgan fingerprint density at radius 2 is 1.94 bits per heavy atom. The minimum atomic E-state index is 0.514. The average Bonchev–Trinajstić information content (AvgIpc) is 2.76. The summed E-state index contributed by atoms with van der Waals surface area (Å²) in [6.45, 7) is 2.15. The first-order valence-corrected chi connectivity index (χ1v) is 6.40. The number of phenolic OH excluding ortho intramolecular Hbond substituents is 1. The van der Waals surface area contributed by atoms with Crippen molar-refractivity contribution in [1.82, 2.24) is 5.32 Å². The van der Waals surface area contributed by atoms with Gasteiger partial charge < -0.3 is 10.4 Å². The Kier molecular flexibility index (Phi) is 2.60. The van der Waals surface area contributed by atoms with Crippen molar-refractivity contribution in [3.05, 3.63) is 28.8 Å². The van der Waals surface area contributed by atoms with Crippen LogP contribution in [-0.2, 0) is 12.8 Å². The number of aromatic hydroxyl groups is 1. The van der Waals surface area contributed by atoms with Gasteiger partial charge in [-0.3, -0.25) is 0 Å². The van der Waals surface area contributed by atoms with Crippen LogP contribution in [-0.4, -0.2) is 18.2 Å². The number of benzene rings is 1. The molecule has 1 aliphatic heterocycles. The van der Waals surface area contributed by atoms with Crippen LogP contribution < -0.4 is 5.32 Å². The molecule has 1 heterocycles. The molecule has 1 fully saturated rings. The van der Waals surface area contributed by atoms with Gasteiger partial charge in [-0.05, 0) is 61.4 Å². The maximum absolute atomic E-state index is 10.1. The summed E-state index contributed by atoms with van der Waals surface area (Å²) < 4.78 is 0. The predicted octanol–water partition coefficient (Wildman–Crippen LogP) is 2.35. The van der Waals surface area contributed by atoms with Crippen LogP contribution in [0.5, 0.6) is 5.75 Å². The largest absolute Gasteiger partial charge is 0.508 e. The Hall–Kier alpha value is -1.02. The van der Waals surface area contributed by atoms with Crippen LogP contribution in [0.3, 0.4) is 0 Å². The van der Waals surface area contributed by atoms with Crippen molar-refractivity contribution in [2.75, 3.05) is 13.1 Å². The van der Waals surface area contributed by atoms with Gasteiger partial charge in [-0.25, -0.2) is 0 Å². The van der Waals surface area contributed by atoms with Crippen molar-refractivity contribution in [2.45, 2.75) is 38.0 Å². The normalized spacial score (nSPS) is 24.4. The van der Waals surface area contributed by atoms with E-state index in [1.54, 1.807) is 0 Å². The van der Waals surface area contributed by atoms with Crippen LogP contribution >= 0.6 is 0 Å². The first kappa shape index (κ1) is 10.2. The molecule has 1 saturated heterocycles. The topological polar surface area (TPSA) is 32.3 Å². The highest BCUT2D eigenvalue weighted by atomic mass is 16.3. The van der Waals surface area contributed by atoms with E-state index in [1.165, 1.54) is 42.4 Å². The van der Waals surface area contributed by atoms with Crippen LogP contribution in [0.25, 0.3) is 0 Å².